The summed E-state index contributed by atoms with van der Waals surface area (Å²) in [4.78, 5) is 12.7. The molecule has 0 saturated carbocycles. The van der Waals surface area contributed by atoms with Crippen molar-refractivity contribution in [1.82, 2.24) is 4.90 Å². The molecule has 0 bridgehead atoms. The molecule has 0 radical (unpaired) electrons. The van der Waals surface area contributed by atoms with E-state index >= 15 is 0 Å². The first-order valence-electron chi connectivity index (χ1n) is 5.71. The summed E-state index contributed by atoms with van der Waals surface area (Å²) in [6.45, 7) is 4.01. The summed E-state index contributed by atoms with van der Waals surface area (Å²) in [6, 6.07) is 4.53. The molecule has 100 valence electrons. The number of carboxylic acid groups (broad SMARTS) is 1. The number of rotatable bonds is 5. The van der Waals surface area contributed by atoms with Crippen molar-refractivity contribution in [3.63, 3.8) is 0 Å². The Morgan fingerprint density at radius 1 is 1.50 bits per heavy atom. The van der Waals surface area contributed by atoms with Crippen LogP contribution in [0.4, 0.5) is 4.39 Å². The molecule has 0 aromatic heterocycles. The van der Waals surface area contributed by atoms with Gasteiger partial charge >= 0.3 is 5.97 Å². The van der Waals surface area contributed by atoms with Crippen LogP contribution >= 0.6 is 11.6 Å². The van der Waals surface area contributed by atoms with Crippen LogP contribution in [0.5, 0.6) is 0 Å². The van der Waals surface area contributed by atoms with Gasteiger partial charge in [-0.3, -0.25) is 9.69 Å². The van der Waals surface area contributed by atoms with Gasteiger partial charge in [0.1, 0.15) is 5.82 Å². The fourth-order valence-electron chi connectivity index (χ4n) is 1.69. The van der Waals surface area contributed by atoms with E-state index in [-0.39, 0.29) is 11.1 Å². The van der Waals surface area contributed by atoms with Crippen LogP contribution in [0.15, 0.2) is 18.2 Å². The van der Waals surface area contributed by atoms with Crippen LogP contribution in [0.1, 0.15) is 25.5 Å². The quantitative estimate of drug-likeness (QED) is 0.896. The molecule has 1 N–H and O–H groups in total. The monoisotopic (exact) mass is 273 g/mol. The van der Waals surface area contributed by atoms with Gasteiger partial charge in [-0.05, 0) is 31.7 Å². The number of carboxylic acids is 1. The van der Waals surface area contributed by atoms with Crippen molar-refractivity contribution >= 4 is 17.6 Å². The highest BCUT2D eigenvalue weighted by Crippen LogP contribution is 2.24. The SMILES string of the molecule is CC(CN(C)C(C)c1ccc(F)c(Cl)c1)C(=O)O. The lowest BCUT2D eigenvalue weighted by atomic mass is 10.1. The number of nitrogens with zero attached hydrogens (tertiary/aromatic N) is 1. The van der Waals surface area contributed by atoms with E-state index in [1.54, 1.807) is 19.1 Å². The molecule has 2 atom stereocenters. The van der Waals surface area contributed by atoms with E-state index in [0.717, 1.165) is 5.56 Å². The molecule has 0 amide bonds. The first-order chi connectivity index (χ1) is 8.32. The van der Waals surface area contributed by atoms with E-state index in [1.165, 1.54) is 6.07 Å². The van der Waals surface area contributed by atoms with Crippen LogP contribution in [0.2, 0.25) is 5.02 Å². The topological polar surface area (TPSA) is 40.5 Å². The Morgan fingerprint density at radius 2 is 2.11 bits per heavy atom. The molecule has 3 nitrogen and oxygen atoms in total. The number of hydrogen-bond donors (Lipinski definition) is 1. The molecule has 5 heteroatoms. The number of benzene rings is 1. The molecule has 1 rings (SSSR count). The molecule has 0 saturated heterocycles. The van der Waals surface area contributed by atoms with Gasteiger partial charge in [-0.15, -0.1) is 0 Å². The average Bonchev–Trinajstić information content (AvgIpc) is 2.31. The van der Waals surface area contributed by atoms with Crippen molar-refractivity contribution in [3.8, 4) is 0 Å². The van der Waals surface area contributed by atoms with Gasteiger partial charge in [0.05, 0.1) is 10.9 Å². The number of aliphatic carboxylic acids is 1. The molecule has 0 heterocycles. The molecular weight excluding hydrogens is 257 g/mol. The number of carbonyl (C=O) groups is 1. The minimum absolute atomic E-state index is 0.0232. The maximum Gasteiger partial charge on any atom is 0.307 e. The molecule has 0 spiro atoms. The standard InChI is InChI=1S/C13H17ClFNO2/c1-8(13(17)18)7-16(3)9(2)10-4-5-12(15)11(14)6-10/h4-6,8-9H,7H2,1-3H3,(H,17,18). The van der Waals surface area contributed by atoms with E-state index in [9.17, 15) is 9.18 Å². The van der Waals surface area contributed by atoms with Crippen molar-refractivity contribution in [3.05, 3.63) is 34.6 Å². The highest BCUT2D eigenvalue weighted by atomic mass is 35.5. The molecular formula is C13H17ClFNO2. The first-order valence-corrected chi connectivity index (χ1v) is 6.08. The molecule has 18 heavy (non-hydrogen) atoms. The third-order valence-corrected chi connectivity index (χ3v) is 3.36. The molecule has 2 unspecified atom stereocenters. The second-order valence-corrected chi connectivity index (χ2v) is 4.94. The predicted octanol–water partition coefficient (Wildman–Crippen LogP) is 3.19. The Balaban J connectivity index is 2.76. The van der Waals surface area contributed by atoms with Gasteiger partial charge in [0.15, 0.2) is 0 Å². The van der Waals surface area contributed by atoms with Crippen molar-refractivity contribution in [2.45, 2.75) is 19.9 Å². The van der Waals surface area contributed by atoms with Crippen LogP contribution in [-0.4, -0.2) is 29.6 Å². The van der Waals surface area contributed by atoms with Crippen LogP contribution in [-0.2, 0) is 4.79 Å². The summed E-state index contributed by atoms with van der Waals surface area (Å²) < 4.78 is 13.1. The summed E-state index contributed by atoms with van der Waals surface area (Å²) in [5.41, 5.74) is 0.862. The van der Waals surface area contributed by atoms with Crippen LogP contribution < -0.4 is 0 Å². The zero-order valence-corrected chi connectivity index (χ0v) is 11.4. The van der Waals surface area contributed by atoms with Crippen LogP contribution in [0.25, 0.3) is 0 Å². The maximum atomic E-state index is 13.1. The lowest BCUT2D eigenvalue weighted by Gasteiger charge is -2.26. The third-order valence-electron chi connectivity index (χ3n) is 3.07. The van der Waals surface area contributed by atoms with Crippen molar-refractivity contribution in [2.24, 2.45) is 5.92 Å². The molecule has 0 aliphatic rings. The van der Waals surface area contributed by atoms with E-state index < -0.39 is 17.7 Å². The zero-order chi connectivity index (χ0) is 13.9. The van der Waals surface area contributed by atoms with Crippen molar-refractivity contribution < 1.29 is 14.3 Å². The Labute approximate surface area is 111 Å². The molecule has 1 aromatic rings. The second-order valence-electron chi connectivity index (χ2n) is 4.53. The van der Waals surface area contributed by atoms with Gasteiger partial charge in [0, 0.05) is 12.6 Å². The zero-order valence-electron chi connectivity index (χ0n) is 10.7. The number of halogens is 2. The molecule has 0 fully saturated rings. The average molecular weight is 274 g/mol. The first kappa shape index (κ1) is 14.9. The lowest BCUT2D eigenvalue weighted by molar-refractivity contribution is -0.141. The normalized spacial score (nSPS) is 14.6. The highest BCUT2D eigenvalue weighted by Gasteiger charge is 2.18. The van der Waals surface area contributed by atoms with Gasteiger partial charge in [0.2, 0.25) is 0 Å². The number of hydrogen-bond acceptors (Lipinski definition) is 2. The lowest BCUT2D eigenvalue weighted by Crippen LogP contribution is -2.30. The molecule has 0 aliphatic heterocycles. The molecule has 1 aromatic carbocycles. The van der Waals surface area contributed by atoms with Crippen LogP contribution in [0.3, 0.4) is 0 Å². The third kappa shape index (κ3) is 3.68. The summed E-state index contributed by atoms with van der Waals surface area (Å²) >= 11 is 5.73. The molecule has 0 aliphatic carbocycles. The fourth-order valence-corrected chi connectivity index (χ4v) is 1.88. The smallest absolute Gasteiger partial charge is 0.307 e. The van der Waals surface area contributed by atoms with E-state index in [2.05, 4.69) is 0 Å². The van der Waals surface area contributed by atoms with Gasteiger partial charge < -0.3 is 5.11 Å². The van der Waals surface area contributed by atoms with Gasteiger partial charge in [-0.2, -0.15) is 0 Å². The Bertz CT molecular complexity index is 439. The Hall–Kier alpha value is -1.13. The van der Waals surface area contributed by atoms with Crippen molar-refractivity contribution in [1.29, 1.82) is 0 Å². The highest BCUT2D eigenvalue weighted by molar-refractivity contribution is 6.30. The summed E-state index contributed by atoms with van der Waals surface area (Å²) in [7, 11) is 1.83. The minimum atomic E-state index is -0.828. The summed E-state index contributed by atoms with van der Waals surface area (Å²) in [5, 5.41) is 8.95. The Morgan fingerprint density at radius 3 is 2.61 bits per heavy atom. The van der Waals surface area contributed by atoms with Gasteiger partial charge in [-0.1, -0.05) is 24.6 Å². The van der Waals surface area contributed by atoms with Gasteiger partial charge in [-0.25, -0.2) is 4.39 Å². The van der Waals surface area contributed by atoms with E-state index in [0.29, 0.717) is 6.54 Å². The van der Waals surface area contributed by atoms with Crippen LogP contribution in [0, 0.1) is 11.7 Å². The van der Waals surface area contributed by atoms with E-state index in [1.807, 2.05) is 18.9 Å². The van der Waals surface area contributed by atoms with Gasteiger partial charge in [0.25, 0.3) is 0 Å². The maximum absolute atomic E-state index is 13.1. The summed E-state index contributed by atoms with van der Waals surface area (Å²) in [6.07, 6.45) is 0. The minimum Gasteiger partial charge on any atom is -0.481 e. The largest absolute Gasteiger partial charge is 0.481 e. The summed E-state index contributed by atoms with van der Waals surface area (Å²) in [5.74, 6) is -1.73. The van der Waals surface area contributed by atoms with Crippen molar-refractivity contribution in [2.75, 3.05) is 13.6 Å². The Kier molecular flexibility index (Phi) is 5.11. The predicted molar refractivity (Wildman–Crippen MR) is 69.3 cm³/mol. The fraction of sp³-hybridized carbons (Fsp3) is 0.462. The second kappa shape index (κ2) is 6.16. The van der Waals surface area contributed by atoms with E-state index in [4.69, 9.17) is 16.7 Å².